The molecule has 4 rings (SSSR count). The van der Waals surface area contributed by atoms with Crippen LogP contribution in [-0.2, 0) is 12.8 Å². The van der Waals surface area contributed by atoms with Crippen molar-refractivity contribution < 1.29 is 17.9 Å². The second-order valence-electron chi connectivity index (χ2n) is 7.66. The van der Waals surface area contributed by atoms with Gasteiger partial charge in [0, 0.05) is 26.2 Å². The molecule has 0 saturated carbocycles. The third kappa shape index (κ3) is 5.46. The van der Waals surface area contributed by atoms with Gasteiger partial charge >= 0.3 is 6.18 Å². The van der Waals surface area contributed by atoms with Crippen LogP contribution in [0.2, 0.25) is 0 Å². The number of hydrogen-bond donors (Lipinski definition) is 1. The van der Waals surface area contributed by atoms with Crippen molar-refractivity contribution in [2.75, 3.05) is 26.2 Å². The Morgan fingerprint density at radius 3 is 2.23 bits per heavy atom. The fourth-order valence-electron chi connectivity index (χ4n) is 3.95. The zero-order chi connectivity index (χ0) is 21.7. The Bertz CT molecular complexity index is 985. The monoisotopic (exact) mass is 426 g/mol. The van der Waals surface area contributed by atoms with Crippen molar-refractivity contribution >= 4 is 0 Å². The molecule has 0 bridgehead atoms. The molecular weight excluding hydrogens is 401 g/mol. The smallest absolute Gasteiger partial charge is 0.416 e. The predicted molar refractivity (Wildman–Crippen MR) is 115 cm³/mol. The Hall–Kier alpha value is -2.83. The van der Waals surface area contributed by atoms with E-state index in [2.05, 4.69) is 10.2 Å². The maximum Gasteiger partial charge on any atom is 0.416 e. The van der Waals surface area contributed by atoms with Gasteiger partial charge in [-0.05, 0) is 41.0 Å². The number of nitrogens with one attached hydrogen (secondary N) is 1. The van der Waals surface area contributed by atoms with Crippen molar-refractivity contribution in [3.05, 3.63) is 101 Å². The van der Waals surface area contributed by atoms with E-state index in [4.69, 9.17) is 4.74 Å². The molecule has 0 radical (unpaired) electrons. The van der Waals surface area contributed by atoms with E-state index in [1.807, 2.05) is 54.6 Å². The molecule has 3 aromatic carbocycles. The van der Waals surface area contributed by atoms with E-state index in [0.717, 1.165) is 43.4 Å². The van der Waals surface area contributed by atoms with Gasteiger partial charge in [-0.3, -0.25) is 4.90 Å². The van der Waals surface area contributed by atoms with Crippen molar-refractivity contribution in [1.82, 2.24) is 10.2 Å². The SMILES string of the molecule is FC(F)(F)c1cccc(C(c2cccc(OCc3ccccc3)c2)N2CCNCC2)c1. The quantitative estimate of drug-likeness (QED) is 0.581. The largest absolute Gasteiger partial charge is 0.489 e. The lowest BCUT2D eigenvalue weighted by Crippen LogP contribution is -2.45. The molecule has 6 heteroatoms. The highest BCUT2D eigenvalue weighted by Crippen LogP contribution is 2.35. The van der Waals surface area contributed by atoms with Crippen LogP contribution in [0.25, 0.3) is 0 Å². The summed E-state index contributed by atoms with van der Waals surface area (Å²) in [5.74, 6) is 0.702. The summed E-state index contributed by atoms with van der Waals surface area (Å²) >= 11 is 0. The van der Waals surface area contributed by atoms with Crippen LogP contribution in [0.3, 0.4) is 0 Å². The highest BCUT2D eigenvalue weighted by molar-refractivity contribution is 5.39. The van der Waals surface area contributed by atoms with Crippen LogP contribution in [0.15, 0.2) is 78.9 Å². The second-order valence-corrected chi connectivity index (χ2v) is 7.66. The maximum absolute atomic E-state index is 13.4. The lowest BCUT2D eigenvalue weighted by molar-refractivity contribution is -0.137. The Kier molecular flexibility index (Phi) is 6.59. The summed E-state index contributed by atoms with van der Waals surface area (Å²) in [6.45, 7) is 3.57. The van der Waals surface area contributed by atoms with Gasteiger partial charge in [0.25, 0.3) is 0 Å². The van der Waals surface area contributed by atoms with Gasteiger partial charge in [0.15, 0.2) is 0 Å². The van der Waals surface area contributed by atoms with Crippen molar-refractivity contribution in [2.45, 2.75) is 18.8 Å². The molecule has 1 aliphatic heterocycles. The van der Waals surface area contributed by atoms with Crippen LogP contribution in [0, 0.1) is 0 Å². The number of nitrogens with zero attached hydrogens (tertiary/aromatic N) is 1. The van der Waals surface area contributed by atoms with Crippen LogP contribution < -0.4 is 10.1 Å². The molecule has 0 amide bonds. The first kappa shape index (κ1) is 21.4. The van der Waals surface area contributed by atoms with Gasteiger partial charge in [0.2, 0.25) is 0 Å². The standard InChI is InChI=1S/C25H25F3N2O/c26-25(27,28)22-10-4-8-20(16-22)24(30-14-12-29-13-15-30)21-9-5-11-23(17-21)31-18-19-6-2-1-3-7-19/h1-11,16-17,24,29H,12-15,18H2. The van der Waals surface area contributed by atoms with Crippen LogP contribution in [0.1, 0.15) is 28.3 Å². The van der Waals surface area contributed by atoms with Crippen LogP contribution in [0.4, 0.5) is 13.2 Å². The van der Waals surface area contributed by atoms with E-state index in [-0.39, 0.29) is 6.04 Å². The van der Waals surface area contributed by atoms with Gasteiger partial charge < -0.3 is 10.1 Å². The molecular formula is C25H25F3N2O. The average molecular weight is 426 g/mol. The third-order valence-corrected chi connectivity index (χ3v) is 5.47. The number of hydrogen-bond acceptors (Lipinski definition) is 3. The Morgan fingerprint density at radius 1 is 0.839 bits per heavy atom. The lowest BCUT2D eigenvalue weighted by Gasteiger charge is -2.36. The summed E-state index contributed by atoms with van der Waals surface area (Å²) in [5, 5.41) is 3.31. The summed E-state index contributed by atoms with van der Waals surface area (Å²) in [6.07, 6.45) is -4.37. The minimum Gasteiger partial charge on any atom is -0.489 e. The molecule has 1 N–H and O–H groups in total. The highest BCUT2D eigenvalue weighted by Gasteiger charge is 2.32. The number of ether oxygens (including phenoxy) is 1. The number of alkyl halides is 3. The van der Waals surface area contributed by atoms with E-state index < -0.39 is 11.7 Å². The maximum atomic E-state index is 13.4. The summed E-state index contributed by atoms with van der Waals surface area (Å²) in [7, 11) is 0. The molecule has 0 spiro atoms. The van der Waals surface area contributed by atoms with Gasteiger partial charge in [-0.2, -0.15) is 13.2 Å². The van der Waals surface area contributed by atoms with Crippen molar-refractivity contribution in [3.63, 3.8) is 0 Å². The van der Waals surface area contributed by atoms with Gasteiger partial charge in [0.1, 0.15) is 12.4 Å². The highest BCUT2D eigenvalue weighted by atomic mass is 19.4. The molecule has 1 fully saturated rings. The Morgan fingerprint density at radius 2 is 1.52 bits per heavy atom. The van der Waals surface area contributed by atoms with Crippen molar-refractivity contribution in [3.8, 4) is 5.75 Å². The summed E-state index contributed by atoms with van der Waals surface area (Å²) < 4.78 is 46.0. The normalized spacial score (nSPS) is 16.1. The van der Waals surface area contributed by atoms with Crippen molar-refractivity contribution in [2.24, 2.45) is 0 Å². The van der Waals surface area contributed by atoms with Crippen LogP contribution in [0.5, 0.6) is 5.75 Å². The molecule has 0 aromatic heterocycles. The third-order valence-electron chi connectivity index (χ3n) is 5.47. The van der Waals surface area contributed by atoms with Crippen LogP contribution >= 0.6 is 0 Å². The van der Waals surface area contributed by atoms with Gasteiger partial charge in [0.05, 0.1) is 11.6 Å². The molecule has 31 heavy (non-hydrogen) atoms. The Labute approximate surface area is 180 Å². The van der Waals surface area contributed by atoms with E-state index >= 15 is 0 Å². The minimum atomic E-state index is -4.37. The van der Waals surface area contributed by atoms with Gasteiger partial charge in [-0.1, -0.05) is 54.6 Å². The lowest BCUT2D eigenvalue weighted by atomic mass is 9.94. The molecule has 0 aliphatic carbocycles. The summed E-state index contributed by atoms with van der Waals surface area (Å²) in [5.41, 5.74) is 2.00. The van der Waals surface area contributed by atoms with Gasteiger partial charge in [-0.25, -0.2) is 0 Å². The summed E-state index contributed by atoms with van der Waals surface area (Å²) in [4.78, 5) is 2.22. The molecule has 1 aliphatic rings. The molecule has 3 aromatic rings. The topological polar surface area (TPSA) is 24.5 Å². The summed E-state index contributed by atoms with van der Waals surface area (Å²) in [6, 6.07) is 22.9. The molecule has 3 nitrogen and oxygen atoms in total. The number of piperazine rings is 1. The number of halogens is 3. The molecule has 162 valence electrons. The molecule has 1 atom stereocenters. The number of benzene rings is 3. The number of rotatable bonds is 6. The first-order valence-corrected chi connectivity index (χ1v) is 10.4. The van der Waals surface area contributed by atoms with E-state index in [1.165, 1.54) is 12.1 Å². The van der Waals surface area contributed by atoms with Gasteiger partial charge in [-0.15, -0.1) is 0 Å². The van der Waals surface area contributed by atoms with E-state index in [1.54, 1.807) is 6.07 Å². The first-order chi connectivity index (χ1) is 15.0. The predicted octanol–water partition coefficient (Wildman–Crippen LogP) is 5.28. The minimum absolute atomic E-state index is 0.273. The molecule has 1 heterocycles. The Balaban J connectivity index is 1.64. The fraction of sp³-hybridized carbons (Fsp3) is 0.280. The van der Waals surface area contributed by atoms with Crippen molar-refractivity contribution in [1.29, 1.82) is 0 Å². The fourth-order valence-corrected chi connectivity index (χ4v) is 3.95. The molecule has 1 saturated heterocycles. The zero-order valence-electron chi connectivity index (χ0n) is 17.1. The molecule has 1 unspecified atom stereocenters. The average Bonchev–Trinajstić information content (AvgIpc) is 2.79. The first-order valence-electron chi connectivity index (χ1n) is 10.4. The second kappa shape index (κ2) is 9.54. The zero-order valence-corrected chi connectivity index (χ0v) is 17.1. The van der Waals surface area contributed by atoms with Crippen LogP contribution in [-0.4, -0.2) is 31.1 Å². The van der Waals surface area contributed by atoms with E-state index in [0.29, 0.717) is 17.9 Å². The van der Waals surface area contributed by atoms with E-state index in [9.17, 15) is 13.2 Å².